The summed E-state index contributed by atoms with van der Waals surface area (Å²) in [7, 11) is 0. The number of aliphatic carboxylic acids is 3. The summed E-state index contributed by atoms with van der Waals surface area (Å²) in [5.74, 6) is -6.05. The number of aromatic nitrogens is 1. The van der Waals surface area contributed by atoms with Crippen molar-refractivity contribution in [2.24, 2.45) is 16.9 Å². The molecule has 0 radical (unpaired) electrons. The van der Waals surface area contributed by atoms with Crippen molar-refractivity contribution in [1.29, 1.82) is 0 Å². The minimum atomic E-state index is -1.21. The molecule has 0 fully saturated rings. The zero-order valence-corrected chi connectivity index (χ0v) is 46.2. The maximum absolute atomic E-state index is 15.2. The molecule has 3 rings (SSSR count). The van der Waals surface area contributed by atoms with Gasteiger partial charge in [0.05, 0.1) is 89.2 Å². The van der Waals surface area contributed by atoms with Crippen LogP contribution in [0.5, 0.6) is 0 Å². The minimum Gasteiger partial charge on any atom is -0.481 e. The highest BCUT2D eigenvalue weighted by Crippen LogP contribution is 2.41. The number of carbonyl (C=O) groups excluding carboxylic acids is 4. The summed E-state index contributed by atoms with van der Waals surface area (Å²) in [6, 6.07) is 12.7. The molecule has 1 unspecified atom stereocenters. The van der Waals surface area contributed by atoms with E-state index in [1.807, 2.05) is 55.7 Å². The van der Waals surface area contributed by atoms with E-state index >= 15 is 4.39 Å². The van der Waals surface area contributed by atoms with Crippen molar-refractivity contribution in [2.75, 3.05) is 96.3 Å². The standard InChI is InChI=1S/C53H77F2N7O14S2/c1-53(2,3)51(43-26-37(41-27-38(54)10-11-42(41)55)32-61(43)31-36-8-5-4-6-9-36)62(17-7-14-56)47(65)35-77-34-40(29-49(68)69)60-46(64)13-18-73-20-22-75-24-25-76-23-21-74-19-16-58-45(63)12-15-59-52(72)44(30-50(70)71)78-33-39(57)28-48(66)67/h4-6,8-11,26-27,32,39-40,44,51H,7,12-25,28-31,33-35,56-57H2,1-3H3,(H,58,63)(H,59,72)(H,60,64)(H,66,67)(H,68,69)(H,70,71)/t39-,40-,44?,51+/m1/s1. The number of thioether (sulfide) groups is 2. The van der Waals surface area contributed by atoms with Crippen LogP contribution in [0.1, 0.15) is 76.6 Å². The number of hydrogen-bond acceptors (Lipinski definition) is 15. The molecule has 0 spiro atoms. The molecule has 25 heteroatoms. The summed E-state index contributed by atoms with van der Waals surface area (Å²) in [5, 5.41) is 34.5. The molecule has 1 heterocycles. The minimum absolute atomic E-state index is 0.0327. The number of hydrogen-bond donors (Lipinski definition) is 8. The van der Waals surface area contributed by atoms with Gasteiger partial charge in [0.1, 0.15) is 11.6 Å². The van der Waals surface area contributed by atoms with Gasteiger partial charge in [0.15, 0.2) is 0 Å². The third-order valence-corrected chi connectivity index (χ3v) is 13.9. The van der Waals surface area contributed by atoms with Gasteiger partial charge in [0, 0.05) is 85.6 Å². The summed E-state index contributed by atoms with van der Waals surface area (Å²) in [4.78, 5) is 87.4. The molecule has 0 saturated carbocycles. The van der Waals surface area contributed by atoms with Crippen molar-refractivity contribution in [2.45, 2.75) is 89.2 Å². The molecular formula is C53H77F2N7O14S2. The first-order chi connectivity index (χ1) is 37.2. The van der Waals surface area contributed by atoms with Gasteiger partial charge in [-0.05, 0) is 48.2 Å². The third kappa shape index (κ3) is 26.8. The molecule has 3 aromatic rings. The van der Waals surface area contributed by atoms with E-state index in [1.54, 1.807) is 17.2 Å². The molecule has 0 aliphatic carbocycles. The molecule has 21 nitrogen and oxygen atoms in total. The van der Waals surface area contributed by atoms with Gasteiger partial charge in [-0.25, -0.2) is 8.78 Å². The van der Waals surface area contributed by atoms with Crippen molar-refractivity contribution in [3.8, 4) is 11.1 Å². The van der Waals surface area contributed by atoms with Gasteiger partial charge < -0.3 is 71.2 Å². The SMILES string of the molecule is CC(C)(C)[C@H](c1cc(-c2cc(F)ccc2F)cn1Cc1ccccc1)N(CCCN)C(=O)CSC[C@@H](CC(=O)O)NC(=O)CCOCCOCCOCCOCCNC(=O)CCNC(=O)C(CC(=O)O)SC[C@H](N)CC(=O)O. The molecule has 0 saturated heterocycles. The Kier molecular flexibility index (Phi) is 31.2. The zero-order chi connectivity index (χ0) is 57.5. The Bertz CT molecular complexity index is 2350. The molecule has 0 aliphatic heterocycles. The maximum atomic E-state index is 15.2. The van der Waals surface area contributed by atoms with Gasteiger partial charge in [0.2, 0.25) is 23.6 Å². The number of carbonyl (C=O) groups is 7. The highest BCUT2D eigenvalue weighted by molar-refractivity contribution is 8.00. The van der Waals surface area contributed by atoms with Crippen LogP contribution < -0.4 is 27.4 Å². The van der Waals surface area contributed by atoms with E-state index in [1.165, 1.54) is 11.8 Å². The van der Waals surface area contributed by atoms with Crippen molar-refractivity contribution in [3.05, 3.63) is 83.7 Å². The van der Waals surface area contributed by atoms with E-state index in [2.05, 4.69) is 16.0 Å². The quantitative estimate of drug-likeness (QED) is 0.0374. The number of carboxylic acid groups (broad SMARTS) is 3. The predicted molar refractivity (Wildman–Crippen MR) is 292 cm³/mol. The molecule has 4 atom stereocenters. The van der Waals surface area contributed by atoms with Crippen LogP contribution in [0.2, 0.25) is 0 Å². The Balaban J connectivity index is 1.35. The van der Waals surface area contributed by atoms with Crippen LogP contribution in [-0.4, -0.2) is 180 Å². The van der Waals surface area contributed by atoms with Crippen LogP contribution in [0.3, 0.4) is 0 Å². The number of nitrogens with zero attached hydrogens (tertiary/aromatic N) is 2. The second-order valence-electron chi connectivity index (χ2n) is 19.1. The van der Waals surface area contributed by atoms with E-state index in [9.17, 15) is 43.1 Å². The van der Waals surface area contributed by atoms with Gasteiger partial charge >= 0.3 is 17.9 Å². The molecule has 0 bridgehead atoms. The maximum Gasteiger partial charge on any atom is 0.305 e. The van der Waals surface area contributed by atoms with Gasteiger partial charge in [-0.2, -0.15) is 0 Å². The summed E-state index contributed by atoms with van der Waals surface area (Å²) in [5.41, 5.74) is 13.3. The number of halogens is 2. The normalized spacial score (nSPS) is 13.0. The predicted octanol–water partition coefficient (Wildman–Crippen LogP) is 3.90. The summed E-state index contributed by atoms with van der Waals surface area (Å²) < 4.78 is 53.5. The third-order valence-electron chi connectivity index (χ3n) is 11.4. The monoisotopic (exact) mass is 1140 g/mol. The second-order valence-corrected chi connectivity index (χ2v) is 21.4. The highest BCUT2D eigenvalue weighted by atomic mass is 32.2. The Labute approximate surface area is 462 Å². The highest BCUT2D eigenvalue weighted by Gasteiger charge is 2.37. The van der Waals surface area contributed by atoms with Crippen molar-refractivity contribution in [3.63, 3.8) is 0 Å². The molecule has 78 heavy (non-hydrogen) atoms. The largest absolute Gasteiger partial charge is 0.481 e. The number of benzene rings is 2. The molecule has 10 N–H and O–H groups in total. The fourth-order valence-corrected chi connectivity index (χ4v) is 9.94. The van der Waals surface area contributed by atoms with Crippen LogP contribution in [0.25, 0.3) is 11.1 Å². The summed E-state index contributed by atoms with van der Waals surface area (Å²) in [6.07, 6.45) is 0.980. The number of rotatable bonds is 41. The number of nitrogens with two attached hydrogens (primary N) is 2. The number of amides is 4. The van der Waals surface area contributed by atoms with E-state index in [-0.39, 0.29) is 126 Å². The van der Waals surface area contributed by atoms with Crippen LogP contribution in [0.15, 0.2) is 60.8 Å². The topological polar surface area (TPSA) is 313 Å². The van der Waals surface area contributed by atoms with E-state index in [0.29, 0.717) is 37.3 Å². The number of ether oxygens (including phenoxy) is 4. The van der Waals surface area contributed by atoms with Gasteiger partial charge in [0.25, 0.3) is 0 Å². The van der Waals surface area contributed by atoms with Crippen molar-refractivity contribution in [1.82, 2.24) is 25.4 Å². The van der Waals surface area contributed by atoms with Crippen LogP contribution in [0, 0.1) is 17.0 Å². The fourth-order valence-electron chi connectivity index (χ4n) is 7.90. The van der Waals surface area contributed by atoms with Crippen LogP contribution in [0.4, 0.5) is 8.78 Å². The van der Waals surface area contributed by atoms with Gasteiger partial charge in [-0.3, -0.25) is 33.6 Å². The van der Waals surface area contributed by atoms with Crippen LogP contribution in [-0.2, 0) is 59.1 Å². The first kappa shape index (κ1) is 66.6. The van der Waals surface area contributed by atoms with Crippen LogP contribution >= 0.6 is 23.5 Å². The molecular weight excluding hydrogens is 1060 g/mol. The lowest BCUT2D eigenvalue weighted by Crippen LogP contribution is -2.44. The molecule has 2 aromatic carbocycles. The number of carboxylic acids is 3. The lowest BCUT2D eigenvalue weighted by molar-refractivity contribution is -0.139. The first-order valence-corrected chi connectivity index (χ1v) is 27.8. The smallest absolute Gasteiger partial charge is 0.305 e. The second kappa shape index (κ2) is 36.5. The average Bonchev–Trinajstić information content (AvgIpc) is 3.78. The molecule has 1 aromatic heterocycles. The lowest BCUT2D eigenvalue weighted by atomic mass is 9.83. The number of nitrogens with one attached hydrogen (secondary N) is 3. The Morgan fingerprint density at radius 3 is 1.99 bits per heavy atom. The average molecular weight is 1140 g/mol. The Morgan fingerprint density at radius 2 is 1.37 bits per heavy atom. The molecule has 0 aliphatic rings. The fraction of sp³-hybridized carbons (Fsp3) is 0.566. The first-order valence-electron chi connectivity index (χ1n) is 25.6. The van der Waals surface area contributed by atoms with Crippen molar-refractivity contribution < 1.29 is 76.6 Å². The molecule has 434 valence electrons. The Hall–Kier alpha value is -5.67. The van der Waals surface area contributed by atoms with E-state index in [0.717, 1.165) is 35.5 Å². The van der Waals surface area contributed by atoms with Gasteiger partial charge in [-0.1, -0.05) is 51.1 Å². The summed E-state index contributed by atoms with van der Waals surface area (Å²) >= 11 is 2.14. The van der Waals surface area contributed by atoms with Gasteiger partial charge in [-0.15, -0.1) is 23.5 Å². The molecule has 4 amide bonds. The van der Waals surface area contributed by atoms with Crippen molar-refractivity contribution >= 4 is 65.1 Å². The lowest BCUT2D eigenvalue weighted by Gasteiger charge is -2.41. The van der Waals surface area contributed by atoms with E-state index < -0.39 is 76.6 Å². The zero-order valence-electron chi connectivity index (χ0n) is 44.6. The van der Waals surface area contributed by atoms with E-state index in [4.69, 9.17) is 40.6 Å². The summed E-state index contributed by atoms with van der Waals surface area (Å²) in [6.45, 7) is 8.91. The Morgan fingerprint density at radius 1 is 0.744 bits per heavy atom.